The molecule has 0 bridgehead atoms. The highest BCUT2D eigenvalue weighted by molar-refractivity contribution is 5.66. The Hall–Kier alpha value is -2.49. The zero-order valence-electron chi connectivity index (χ0n) is 24.9. The third-order valence-electron chi connectivity index (χ3n) is 7.29. The number of carboxylic acid groups (broad SMARTS) is 1. The summed E-state index contributed by atoms with van der Waals surface area (Å²) in [5.41, 5.74) is 16.4. The maximum Gasteiger partial charge on any atom is 0.303 e. The maximum atomic E-state index is 10.0. The normalized spacial score (nSPS) is 15.8. The van der Waals surface area contributed by atoms with Crippen molar-refractivity contribution in [3.8, 4) is 0 Å². The van der Waals surface area contributed by atoms with E-state index in [-0.39, 0.29) is 0 Å². The van der Waals surface area contributed by atoms with Crippen molar-refractivity contribution in [1.82, 2.24) is 15.5 Å². The molecule has 7 N–H and O–H groups in total. The van der Waals surface area contributed by atoms with Crippen molar-refractivity contribution in [3.63, 3.8) is 0 Å². The molecule has 2 aromatic carbocycles. The molecule has 0 amide bonds. The van der Waals surface area contributed by atoms with Crippen LogP contribution in [-0.2, 0) is 11.2 Å². The summed E-state index contributed by atoms with van der Waals surface area (Å²) in [6.45, 7) is 10.7. The van der Waals surface area contributed by atoms with Gasteiger partial charge in [-0.15, -0.1) is 0 Å². The Morgan fingerprint density at radius 2 is 1.50 bits per heavy atom. The number of aliphatic carboxylic acids is 1. The van der Waals surface area contributed by atoms with Crippen LogP contribution in [0, 0.1) is 0 Å². The molecule has 40 heavy (non-hydrogen) atoms. The summed E-state index contributed by atoms with van der Waals surface area (Å²) in [6, 6.07) is 18.4. The number of unbranched alkanes of at least 4 members (excludes halogenated alkanes) is 4. The maximum absolute atomic E-state index is 10.0. The molecular formula is C32H54N6O2. The van der Waals surface area contributed by atoms with E-state index in [0.29, 0.717) is 25.6 Å². The number of hydrogen-bond donors (Lipinski definition) is 5. The summed E-state index contributed by atoms with van der Waals surface area (Å²) in [6.07, 6.45) is 6.94. The minimum absolute atomic E-state index is 0.337. The number of nitrogens with two attached hydrogens (primary N) is 2. The zero-order valence-corrected chi connectivity index (χ0v) is 24.9. The number of benzene rings is 2. The second-order valence-electron chi connectivity index (χ2n) is 10.6. The molecule has 0 aliphatic carbocycles. The molecule has 2 aliphatic heterocycles. The summed E-state index contributed by atoms with van der Waals surface area (Å²) < 4.78 is 0. The largest absolute Gasteiger partial charge is 0.481 e. The van der Waals surface area contributed by atoms with Gasteiger partial charge in [0.25, 0.3) is 0 Å². The lowest BCUT2D eigenvalue weighted by atomic mass is 9.96. The van der Waals surface area contributed by atoms with Crippen molar-refractivity contribution < 1.29 is 9.90 Å². The van der Waals surface area contributed by atoms with Crippen LogP contribution in [0.5, 0.6) is 0 Å². The average Bonchev–Trinajstić information content (AvgIpc) is 3.09. The van der Waals surface area contributed by atoms with Gasteiger partial charge in [0, 0.05) is 71.0 Å². The second-order valence-corrected chi connectivity index (χ2v) is 10.6. The molecular weight excluding hydrogens is 500 g/mol. The van der Waals surface area contributed by atoms with Gasteiger partial charge in [-0.25, -0.2) is 0 Å². The van der Waals surface area contributed by atoms with Crippen LogP contribution in [0.2, 0.25) is 0 Å². The van der Waals surface area contributed by atoms with Crippen LogP contribution in [0.1, 0.15) is 68.2 Å². The van der Waals surface area contributed by atoms with E-state index in [1.54, 1.807) is 0 Å². The lowest BCUT2D eigenvalue weighted by Crippen LogP contribution is -2.46. The molecule has 0 radical (unpaired) electrons. The van der Waals surface area contributed by atoms with E-state index in [4.69, 9.17) is 16.6 Å². The standard InChI is InChI=1S/C18H20N2.C8H16O2.C6H18N4/c1-19-10-11-20-17-9-5-3-7-15(17)12-14-6-2-4-8-16(14)18(20)13-19;1-2-3-4-5-6-7-8(9)10;7-1-3-9-5-6-10-4-2-8/h2-9,18H,10-13H2,1H3;2-7H2,1H3,(H,9,10);9-10H,1-8H2. The number of hydrogen-bond acceptors (Lipinski definition) is 7. The number of piperazine rings is 1. The molecule has 1 fully saturated rings. The van der Waals surface area contributed by atoms with Gasteiger partial charge < -0.3 is 37.0 Å². The van der Waals surface area contributed by atoms with Crippen LogP contribution in [0.3, 0.4) is 0 Å². The SMILES string of the molecule is CCCCCCCC(=O)O.CN1CCN2c3ccccc3Cc3ccccc3C2C1.NCCNCCNCCN. The fraction of sp³-hybridized carbons (Fsp3) is 0.594. The molecule has 1 unspecified atom stereocenters. The predicted octanol–water partition coefficient (Wildman–Crippen LogP) is 3.60. The monoisotopic (exact) mass is 554 g/mol. The van der Waals surface area contributed by atoms with Gasteiger partial charge >= 0.3 is 5.97 Å². The molecule has 0 aromatic heterocycles. The summed E-state index contributed by atoms with van der Waals surface area (Å²) >= 11 is 0. The predicted molar refractivity (Wildman–Crippen MR) is 168 cm³/mol. The van der Waals surface area contributed by atoms with E-state index >= 15 is 0 Å². The number of carbonyl (C=O) groups is 1. The number of likely N-dealkylation sites (N-methyl/N-ethyl adjacent to an activating group) is 1. The van der Waals surface area contributed by atoms with Crippen molar-refractivity contribution in [1.29, 1.82) is 0 Å². The van der Waals surface area contributed by atoms with Crippen LogP contribution in [0.15, 0.2) is 48.5 Å². The number of carboxylic acids is 1. The Morgan fingerprint density at radius 3 is 2.15 bits per heavy atom. The van der Waals surface area contributed by atoms with Gasteiger partial charge in [0.1, 0.15) is 0 Å². The number of fused-ring (bicyclic) bond motifs is 5. The van der Waals surface area contributed by atoms with E-state index in [1.807, 2.05) is 0 Å². The summed E-state index contributed by atoms with van der Waals surface area (Å²) in [5, 5.41) is 14.6. The fourth-order valence-electron chi connectivity index (χ4n) is 5.15. The van der Waals surface area contributed by atoms with Crippen LogP contribution >= 0.6 is 0 Å². The Bertz CT molecular complexity index is 949. The van der Waals surface area contributed by atoms with Crippen LogP contribution in [-0.4, -0.2) is 81.9 Å². The topological polar surface area (TPSA) is 120 Å². The van der Waals surface area contributed by atoms with Crippen molar-refractivity contribution in [3.05, 3.63) is 65.2 Å². The quantitative estimate of drug-likeness (QED) is 0.238. The lowest BCUT2D eigenvalue weighted by Gasteiger charge is -2.41. The fourth-order valence-corrected chi connectivity index (χ4v) is 5.15. The Balaban J connectivity index is 0.000000239. The molecule has 2 heterocycles. The molecule has 0 spiro atoms. The zero-order chi connectivity index (χ0) is 29.0. The highest BCUT2D eigenvalue weighted by Gasteiger charge is 2.31. The molecule has 2 aliphatic rings. The van der Waals surface area contributed by atoms with E-state index in [1.165, 1.54) is 41.6 Å². The number of para-hydroxylation sites is 1. The number of rotatable bonds is 13. The molecule has 224 valence electrons. The number of nitrogens with zero attached hydrogens (tertiary/aromatic N) is 2. The summed E-state index contributed by atoms with van der Waals surface area (Å²) in [5.74, 6) is -0.670. The van der Waals surface area contributed by atoms with Crippen molar-refractivity contribution in [2.24, 2.45) is 11.5 Å². The van der Waals surface area contributed by atoms with Gasteiger partial charge in [-0.2, -0.15) is 0 Å². The van der Waals surface area contributed by atoms with Gasteiger partial charge in [-0.1, -0.05) is 75.1 Å². The molecule has 2 aromatic rings. The van der Waals surface area contributed by atoms with Gasteiger partial charge in [-0.3, -0.25) is 4.79 Å². The van der Waals surface area contributed by atoms with Crippen molar-refractivity contribution >= 4 is 11.7 Å². The average molecular weight is 555 g/mol. The number of anilines is 1. The van der Waals surface area contributed by atoms with E-state index in [9.17, 15) is 4.79 Å². The van der Waals surface area contributed by atoms with Crippen molar-refractivity contribution in [2.75, 3.05) is 70.9 Å². The molecule has 1 atom stereocenters. The Morgan fingerprint density at radius 1 is 0.875 bits per heavy atom. The second kappa shape index (κ2) is 20.4. The third-order valence-corrected chi connectivity index (χ3v) is 7.29. The summed E-state index contributed by atoms with van der Waals surface area (Å²) in [7, 11) is 2.23. The summed E-state index contributed by atoms with van der Waals surface area (Å²) in [4.78, 5) is 15.1. The van der Waals surface area contributed by atoms with Gasteiger partial charge in [-0.05, 0) is 42.6 Å². The van der Waals surface area contributed by atoms with Crippen molar-refractivity contribution in [2.45, 2.75) is 57.9 Å². The third kappa shape index (κ3) is 12.4. The molecule has 1 saturated heterocycles. The minimum Gasteiger partial charge on any atom is -0.481 e. The Labute approximate surface area is 242 Å². The first-order valence-corrected chi connectivity index (χ1v) is 15.2. The molecule has 0 saturated carbocycles. The van der Waals surface area contributed by atoms with Gasteiger partial charge in [0.15, 0.2) is 0 Å². The van der Waals surface area contributed by atoms with Gasteiger partial charge in [0.2, 0.25) is 0 Å². The first kappa shape index (κ1) is 33.7. The van der Waals surface area contributed by atoms with E-state index in [0.717, 1.165) is 65.1 Å². The molecule has 4 rings (SSSR count). The van der Waals surface area contributed by atoms with Gasteiger partial charge in [0.05, 0.1) is 6.04 Å². The molecule has 8 nitrogen and oxygen atoms in total. The van der Waals surface area contributed by atoms with E-state index in [2.05, 4.69) is 82.9 Å². The van der Waals surface area contributed by atoms with Crippen LogP contribution in [0.25, 0.3) is 0 Å². The van der Waals surface area contributed by atoms with E-state index < -0.39 is 5.97 Å². The van der Waals surface area contributed by atoms with Crippen LogP contribution in [0.4, 0.5) is 5.69 Å². The number of nitrogens with one attached hydrogen (secondary N) is 2. The lowest BCUT2D eigenvalue weighted by molar-refractivity contribution is -0.137. The smallest absolute Gasteiger partial charge is 0.303 e. The first-order valence-electron chi connectivity index (χ1n) is 15.2. The minimum atomic E-state index is -0.670. The first-order chi connectivity index (χ1) is 19.5. The molecule has 8 heteroatoms. The highest BCUT2D eigenvalue weighted by Crippen LogP contribution is 2.38. The van der Waals surface area contributed by atoms with Crippen LogP contribution < -0.4 is 27.0 Å². The Kier molecular flexibility index (Phi) is 17.2. The highest BCUT2D eigenvalue weighted by atomic mass is 16.4.